The van der Waals surface area contributed by atoms with Gasteiger partial charge in [-0.25, -0.2) is 0 Å². The Balaban J connectivity index is 1.55. The smallest absolute Gasteiger partial charge is 0.231 e. The molecule has 1 fully saturated rings. The maximum absolute atomic E-state index is 12.6. The van der Waals surface area contributed by atoms with Crippen LogP contribution in [0.3, 0.4) is 0 Å². The molecule has 0 spiro atoms. The van der Waals surface area contributed by atoms with Crippen molar-refractivity contribution in [2.24, 2.45) is 5.92 Å². The summed E-state index contributed by atoms with van der Waals surface area (Å²) in [5.41, 5.74) is 1.17. The SMILES string of the molecule is CC(C)N1CC(C(=O)N(C)C(C)Cc2ccc3c(c2)OCO3)C1. The lowest BCUT2D eigenvalue weighted by molar-refractivity contribution is -0.142. The lowest BCUT2D eigenvalue weighted by Gasteiger charge is -2.43. The molecule has 0 saturated carbocycles. The van der Waals surface area contributed by atoms with Crippen LogP contribution in [0.2, 0.25) is 0 Å². The standard InChI is InChI=1S/C18H26N2O3/c1-12(2)20-9-15(10-20)18(21)19(4)13(3)7-14-5-6-16-17(8-14)23-11-22-16/h5-6,8,12-13,15H,7,9-11H2,1-4H3. The van der Waals surface area contributed by atoms with E-state index in [4.69, 9.17) is 9.47 Å². The highest BCUT2D eigenvalue weighted by Crippen LogP contribution is 2.33. The molecule has 3 rings (SSSR count). The summed E-state index contributed by atoms with van der Waals surface area (Å²) in [7, 11) is 1.91. The predicted molar refractivity (Wildman–Crippen MR) is 88.7 cm³/mol. The fraction of sp³-hybridized carbons (Fsp3) is 0.611. The first-order chi connectivity index (χ1) is 11.0. The number of amides is 1. The molecule has 2 heterocycles. The van der Waals surface area contributed by atoms with Gasteiger partial charge in [0.15, 0.2) is 11.5 Å². The molecule has 1 aromatic carbocycles. The minimum absolute atomic E-state index is 0.154. The summed E-state index contributed by atoms with van der Waals surface area (Å²) in [5.74, 6) is 2.01. The molecule has 1 amide bonds. The van der Waals surface area contributed by atoms with Crippen LogP contribution >= 0.6 is 0 Å². The molecule has 1 atom stereocenters. The summed E-state index contributed by atoms with van der Waals surface area (Å²) >= 11 is 0. The van der Waals surface area contributed by atoms with E-state index in [1.165, 1.54) is 5.56 Å². The van der Waals surface area contributed by atoms with Crippen LogP contribution in [0.1, 0.15) is 26.3 Å². The van der Waals surface area contributed by atoms with Crippen molar-refractivity contribution in [3.63, 3.8) is 0 Å². The molecule has 2 aliphatic rings. The van der Waals surface area contributed by atoms with Crippen molar-refractivity contribution in [3.8, 4) is 11.5 Å². The molecule has 5 heteroatoms. The fourth-order valence-electron chi connectivity index (χ4n) is 3.14. The van der Waals surface area contributed by atoms with Gasteiger partial charge in [-0.05, 0) is 44.9 Å². The van der Waals surface area contributed by atoms with Crippen LogP contribution in [0.25, 0.3) is 0 Å². The Morgan fingerprint density at radius 3 is 2.65 bits per heavy atom. The molecule has 126 valence electrons. The molecule has 0 aromatic heterocycles. The first-order valence-corrected chi connectivity index (χ1v) is 8.35. The quantitative estimate of drug-likeness (QED) is 0.834. The monoisotopic (exact) mass is 318 g/mol. The third kappa shape index (κ3) is 3.29. The molecule has 0 N–H and O–H groups in total. The predicted octanol–water partition coefficient (Wildman–Crippen LogP) is 2.14. The highest BCUT2D eigenvalue weighted by atomic mass is 16.7. The van der Waals surface area contributed by atoms with E-state index < -0.39 is 0 Å². The van der Waals surface area contributed by atoms with Crippen LogP contribution in [0.15, 0.2) is 18.2 Å². The Morgan fingerprint density at radius 1 is 1.26 bits per heavy atom. The second-order valence-corrected chi connectivity index (χ2v) is 6.93. The average Bonchev–Trinajstić information content (AvgIpc) is 2.91. The molecular formula is C18H26N2O3. The number of likely N-dealkylation sites (N-methyl/N-ethyl adjacent to an activating group) is 1. The van der Waals surface area contributed by atoms with Crippen LogP contribution in [0.4, 0.5) is 0 Å². The van der Waals surface area contributed by atoms with E-state index in [-0.39, 0.29) is 17.9 Å². The van der Waals surface area contributed by atoms with E-state index in [2.05, 4.69) is 25.7 Å². The third-order valence-electron chi connectivity index (χ3n) is 4.97. The van der Waals surface area contributed by atoms with E-state index in [0.717, 1.165) is 31.0 Å². The van der Waals surface area contributed by atoms with E-state index in [0.29, 0.717) is 12.8 Å². The van der Waals surface area contributed by atoms with E-state index in [1.807, 2.05) is 30.1 Å². The summed E-state index contributed by atoms with van der Waals surface area (Å²) in [6.07, 6.45) is 0.819. The van der Waals surface area contributed by atoms with E-state index in [9.17, 15) is 4.79 Å². The number of carbonyl (C=O) groups is 1. The number of rotatable bonds is 5. The van der Waals surface area contributed by atoms with Gasteiger partial charge in [0.25, 0.3) is 0 Å². The molecule has 0 radical (unpaired) electrons. The highest BCUT2D eigenvalue weighted by Gasteiger charge is 2.36. The third-order valence-corrected chi connectivity index (χ3v) is 4.97. The molecule has 0 bridgehead atoms. The van der Waals surface area contributed by atoms with Crippen molar-refractivity contribution in [2.75, 3.05) is 26.9 Å². The van der Waals surface area contributed by atoms with Crippen molar-refractivity contribution < 1.29 is 14.3 Å². The van der Waals surface area contributed by atoms with Crippen LogP contribution in [-0.4, -0.2) is 54.7 Å². The minimum atomic E-state index is 0.154. The Hall–Kier alpha value is -1.75. The van der Waals surface area contributed by atoms with Gasteiger partial charge in [-0.2, -0.15) is 0 Å². The van der Waals surface area contributed by atoms with Gasteiger partial charge < -0.3 is 14.4 Å². The van der Waals surface area contributed by atoms with Crippen molar-refractivity contribution in [1.82, 2.24) is 9.80 Å². The summed E-state index contributed by atoms with van der Waals surface area (Å²) in [6.45, 7) is 8.51. The maximum atomic E-state index is 12.6. The Bertz CT molecular complexity index is 582. The van der Waals surface area contributed by atoms with Gasteiger partial charge in [0.1, 0.15) is 0 Å². The average molecular weight is 318 g/mol. The van der Waals surface area contributed by atoms with Gasteiger partial charge in [0, 0.05) is 32.2 Å². The Labute approximate surface area is 138 Å². The minimum Gasteiger partial charge on any atom is -0.454 e. The second kappa shape index (κ2) is 6.40. The summed E-state index contributed by atoms with van der Waals surface area (Å²) in [4.78, 5) is 16.8. The zero-order valence-electron chi connectivity index (χ0n) is 14.4. The van der Waals surface area contributed by atoms with Crippen LogP contribution in [0, 0.1) is 5.92 Å². The second-order valence-electron chi connectivity index (χ2n) is 6.93. The Kier molecular flexibility index (Phi) is 4.48. The van der Waals surface area contributed by atoms with E-state index in [1.54, 1.807) is 0 Å². The number of carbonyl (C=O) groups excluding carboxylic acids is 1. The topological polar surface area (TPSA) is 42.0 Å². The van der Waals surface area contributed by atoms with Crippen molar-refractivity contribution in [1.29, 1.82) is 0 Å². The molecule has 1 aromatic rings. The first kappa shape index (κ1) is 16.1. The van der Waals surface area contributed by atoms with Crippen LogP contribution in [-0.2, 0) is 11.2 Å². The van der Waals surface area contributed by atoms with E-state index >= 15 is 0 Å². The largest absolute Gasteiger partial charge is 0.454 e. The van der Waals surface area contributed by atoms with Gasteiger partial charge in [0.05, 0.1) is 5.92 Å². The number of ether oxygens (including phenoxy) is 2. The fourth-order valence-corrected chi connectivity index (χ4v) is 3.14. The molecular weight excluding hydrogens is 292 g/mol. The lowest BCUT2D eigenvalue weighted by atomic mass is 9.95. The molecule has 2 aliphatic heterocycles. The number of fused-ring (bicyclic) bond motifs is 1. The normalized spacial score (nSPS) is 18.8. The number of likely N-dealkylation sites (tertiary alicyclic amines) is 1. The first-order valence-electron chi connectivity index (χ1n) is 8.35. The van der Waals surface area contributed by atoms with Gasteiger partial charge in [0.2, 0.25) is 12.7 Å². The summed E-state index contributed by atoms with van der Waals surface area (Å²) in [5, 5.41) is 0. The van der Waals surface area contributed by atoms with Gasteiger partial charge in [-0.1, -0.05) is 6.07 Å². The number of nitrogens with zero attached hydrogens (tertiary/aromatic N) is 2. The number of hydrogen-bond acceptors (Lipinski definition) is 4. The van der Waals surface area contributed by atoms with Crippen LogP contribution in [0.5, 0.6) is 11.5 Å². The van der Waals surface area contributed by atoms with Crippen molar-refractivity contribution >= 4 is 5.91 Å². The van der Waals surface area contributed by atoms with Gasteiger partial charge in [-0.3, -0.25) is 9.69 Å². The lowest BCUT2D eigenvalue weighted by Crippen LogP contribution is -2.57. The molecule has 1 unspecified atom stereocenters. The van der Waals surface area contributed by atoms with Crippen molar-refractivity contribution in [3.05, 3.63) is 23.8 Å². The zero-order valence-corrected chi connectivity index (χ0v) is 14.4. The zero-order chi connectivity index (χ0) is 16.6. The van der Waals surface area contributed by atoms with Crippen molar-refractivity contribution in [2.45, 2.75) is 39.3 Å². The molecule has 23 heavy (non-hydrogen) atoms. The number of benzene rings is 1. The summed E-state index contributed by atoms with van der Waals surface area (Å²) < 4.78 is 10.8. The maximum Gasteiger partial charge on any atom is 0.231 e. The number of hydrogen-bond donors (Lipinski definition) is 0. The Morgan fingerprint density at radius 2 is 1.96 bits per heavy atom. The molecule has 0 aliphatic carbocycles. The van der Waals surface area contributed by atoms with Crippen LogP contribution < -0.4 is 9.47 Å². The van der Waals surface area contributed by atoms with Gasteiger partial charge >= 0.3 is 0 Å². The summed E-state index contributed by atoms with van der Waals surface area (Å²) in [6, 6.07) is 6.69. The highest BCUT2D eigenvalue weighted by molar-refractivity contribution is 5.80. The molecule has 5 nitrogen and oxygen atoms in total. The molecule has 1 saturated heterocycles. The van der Waals surface area contributed by atoms with Gasteiger partial charge in [-0.15, -0.1) is 0 Å².